The normalized spacial score (nSPS) is 21.5. The lowest BCUT2D eigenvalue weighted by molar-refractivity contribution is -0.129. The molecule has 0 aromatic carbocycles. The number of aromatic nitrogens is 1. The molecule has 2 saturated heterocycles. The number of furan rings is 1. The summed E-state index contributed by atoms with van der Waals surface area (Å²) in [5, 5.41) is 0. The van der Waals surface area contributed by atoms with Crippen LogP contribution in [0.15, 0.2) is 41.3 Å². The molecule has 2 aliphatic heterocycles. The second kappa shape index (κ2) is 6.61. The SMILES string of the molecule is Cc1occc1C(=O)N1CC2(C1)OCCC2COCc1ccncc1. The number of likely N-dealkylation sites (tertiary alicyclic amines) is 1. The van der Waals surface area contributed by atoms with Crippen molar-refractivity contribution >= 4 is 5.91 Å². The van der Waals surface area contributed by atoms with E-state index in [1.165, 1.54) is 0 Å². The maximum absolute atomic E-state index is 12.5. The Bertz CT molecular complexity index is 737. The number of rotatable bonds is 5. The summed E-state index contributed by atoms with van der Waals surface area (Å²) in [5.74, 6) is 1.00. The first-order chi connectivity index (χ1) is 12.2. The minimum Gasteiger partial charge on any atom is -0.469 e. The quantitative estimate of drug-likeness (QED) is 0.835. The van der Waals surface area contributed by atoms with Crippen LogP contribution < -0.4 is 0 Å². The molecular formula is C19H22N2O4. The number of carbonyl (C=O) groups excluding carboxylic acids is 1. The number of carbonyl (C=O) groups is 1. The van der Waals surface area contributed by atoms with Crippen LogP contribution in [-0.4, -0.2) is 47.7 Å². The van der Waals surface area contributed by atoms with Gasteiger partial charge in [-0.05, 0) is 37.1 Å². The maximum atomic E-state index is 12.5. The Morgan fingerprint density at radius 2 is 2.16 bits per heavy atom. The van der Waals surface area contributed by atoms with Crippen molar-refractivity contribution in [3.05, 3.63) is 53.7 Å². The molecule has 0 N–H and O–H groups in total. The third kappa shape index (κ3) is 3.07. The van der Waals surface area contributed by atoms with Gasteiger partial charge in [-0.2, -0.15) is 0 Å². The first-order valence-electron chi connectivity index (χ1n) is 8.62. The van der Waals surface area contributed by atoms with Crippen molar-refractivity contribution < 1.29 is 18.7 Å². The molecule has 0 aliphatic carbocycles. The maximum Gasteiger partial charge on any atom is 0.257 e. The lowest BCUT2D eigenvalue weighted by Crippen LogP contribution is -2.66. The molecule has 132 valence electrons. The number of amides is 1. The Morgan fingerprint density at radius 1 is 1.36 bits per heavy atom. The number of hydrogen-bond acceptors (Lipinski definition) is 5. The van der Waals surface area contributed by atoms with Gasteiger partial charge in [-0.15, -0.1) is 0 Å². The van der Waals surface area contributed by atoms with Crippen molar-refractivity contribution in [2.75, 3.05) is 26.3 Å². The summed E-state index contributed by atoms with van der Waals surface area (Å²) >= 11 is 0. The van der Waals surface area contributed by atoms with Gasteiger partial charge in [0.2, 0.25) is 0 Å². The van der Waals surface area contributed by atoms with Crippen LogP contribution in [-0.2, 0) is 16.1 Å². The van der Waals surface area contributed by atoms with E-state index in [-0.39, 0.29) is 11.5 Å². The van der Waals surface area contributed by atoms with E-state index in [9.17, 15) is 4.79 Å². The van der Waals surface area contributed by atoms with Crippen molar-refractivity contribution in [1.29, 1.82) is 0 Å². The van der Waals surface area contributed by atoms with E-state index in [0.717, 1.165) is 18.6 Å². The summed E-state index contributed by atoms with van der Waals surface area (Å²) in [6, 6.07) is 5.64. The van der Waals surface area contributed by atoms with Crippen molar-refractivity contribution in [2.45, 2.75) is 25.6 Å². The summed E-state index contributed by atoms with van der Waals surface area (Å²) < 4.78 is 17.1. The van der Waals surface area contributed by atoms with Crippen molar-refractivity contribution in [3.8, 4) is 0 Å². The predicted molar refractivity (Wildman–Crippen MR) is 90.0 cm³/mol. The van der Waals surface area contributed by atoms with Crippen LogP contribution in [0.4, 0.5) is 0 Å². The summed E-state index contributed by atoms with van der Waals surface area (Å²) in [6.45, 7) is 5.02. The molecule has 4 heterocycles. The fourth-order valence-corrected chi connectivity index (χ4v) is 3.69. The van der Waals surface area contributed by atoms with E-state index in [0.29, 0.717) is 43.5 Å². The van der Waals surface area contributed by atoms with Gasteiger partial charge >= 0.3 is 0 Å². The van der Waals surface area contributed by atoms with Crippen LogP contribution >= 0.6 is 0 Å². The second-order valence-electron chi connectivity index (χ2n) is 6.82. The standard InChI is InChI=1S/C19H22N2O4/c1-14-17(5-8-24-14)18(22)21-12-19(13-21)16(4-9-25-19)11-23-10-15-2-6-20-7-3-15/h2-3,5-8,16H,4,9-13H2,1H3. The van der Waals surface area contributed by atoms with Gasteiger partial charge in [0.05, 0.1) is 38.1 Å². The van der Waals surface area contributed by atoms with Crippen LogP contribution in [0.5, 0.6) is 0 Å². The smallest absolute Gasteiger partial charge is 0.257 e. The lowest BCUT2D eigenvalue weighted by atomic mass is 9.81. The highest BCUT2D eigenvalue weighted by Gasteiger charge is 2.54. The van der Waals surface area contributed by atoms with E-state index < -0.39 is 0 Å². The topological polar surface area (TPSA) is 64.8 Å². The van der Waals surface area contributed by atoms with E-state index in [4.69, 9.17) is 13.9 Å². The highest BCUT2D eigenvalue weighted by Crippen LogP contribution is 2.40. The first-order valence-corrected chi connectivity index (χ1v) is 8.62. The Labute approximate surface area is 146 Å². The monoisotopic (exact) mass is 342 g/mol. The number of aryl methyl sites for hydroxylation is 1. The van der Waals surface area contributed by atoms with Crippen LogP contribution in [0.25, 0.3) is 0 Å². The fourth-order valence-electron chi connectivity index (χ4n) is 3.69. The second-order valence-corrected chi connectivity index (χ2v) is 6.82. The summed E-state index contributed by atoms with van der Waals surface area (Å²) in [4.78, 5) is 18.4. The average Bonchev–Trinajstić information content (AvgIpc) is 3.20. The zero-order valence-electron chi connectivity index (χ0n) is 14.3. The number of hydrogen-bond donors (Lipinski definition) is 0. The van der Waals surface area contributed by atoms with Gasteiger partial charge in [-0.3, -0.25) is 9.78 Å². The molecule has 0 saturated carbocycles. The Balaban J connectivity index is 1.32. The van der Waals surface area contributed by atoms with Crippen LogP contribution in [0.1, 0.15) is 28.1 Å². The molecule has 25 heavy (non-hydrogen) atoms. The molecule has 1 unspecified atom stereocenters. The molecule has 1 amide bonds. The molecule has 2 fully saturated rings. The summed E-state index contributed by atoms with van der Waals surface area (Å²) in [5.41, 5.74) is 1.51. The first kappa shape index (κ1) is 16.3. The molecule has 2 aliphatic rings. The van der Waals surface area contributed by atoms with Crippen molar-refractivity contribution in [2.24, 2.45) is 5.92 Å². The zero-order valence-corrected chi connectivity index (χ0v) is 14.3. The van der Waals surface area contributed by atoms with E-state index in [1.807, 2.05) is 24.0 Å². The molecule has 2 aromatic heterocycles. The number of pyridine rings is 1. The molecule has 4 rings (SSSR count). The summed E-state index contributed by atoms with van der Waals surface area (Å²) in [6.07, 6.45) is 6.07. The van der Waals surface area contributed by atoms with Crippen LogP contribution in [0.3, 0.4) is 0 Å². The minimum absolute atomic E-state index is 0.0174. The van der Waals surface area contributed by atoms with Gasteiger partial charge in [0.1, 0.15) is 11.4 Å². The largest absolute Gasteiger partial charge is 0.469 e. The minimum atomic E-state index is -0.245. The predicted octanol–water partition coefficient (Wildman–Crippen LogP) is 2.43. The molecule has 6 nitrogen and oxygen atoms in total. The van der Waals surface area contributed by atoms with E-state index >= 15 is 0 Å². The molecule has 0 bridgehead atoms. The van der Waals surface area contributed by atoms with Gasteiger partial charge < -0.3 is 18.8 Å². The molecule has 2 aromatic rings. The highest BCUT2D eigenvalue weighted by molar-refractivity contribution is 5.95. The number of ether oxygens (including phenoxy) is 2. The third-order valence-corrected chi connectivity index (χ3v) is 5.23. The van der Waals surface area contributed by atoms with E-state index in [2.05, 4.69) is 4.98 Å². The Morgan fingerprint density at radius 3 is 2.88 bits per heavy atom. The molecular weight excluding hydrogens is 320 g/mol. The van der Waals surface area contributed by atoms with Gasteiger partial charge in [0, 0.05) is 24.9 Å². The molecule has 0 radical (unpaired) electrons. The van der Waals surface area contributed by atoms with Gasteiger partial charge in [0.25, 0.3) is 5.91 Å². The van der Waals surface area contributed by atoms with Gasteiger partial charge in [-0.1, -0.05) is 0 Å². The van der Waals surface area contributed by atoms with E-state index in [1.54, 1.807) is 24.7 Å². The Kier molecular flexibility index (Phi) is 4.31. The molecule has 1 spiro atoms. The van der Waals surface area contributed by atoms with Gasteiger partial charge in [0.15, 0.2) is 0 Å². The Hall–Kier alpha value is -2.18. The van der Waals surface area contributed by atoms with Crippen LogP contribution in [0, 0.1) is 12.8 Å². The highest BCUT2D eigenvalue weighted by atomic mass is 16.5. The summed E-state index contributed by atoms with van der Waals surface area (Å²) in [7, 11) is 0. The lowest BCUT2D eigenvalue weighted by Gasteiger charge is -2.50. The fraction of sp³-hybridized carbons (Fsp3) is 0.474. The average molecular weight is 342 g/mol. The zero-order chi connectivity index (χ0) is 17.3. The van der Waals surface area contributed by atoms with Crippen molar-refractivity contribution in [3.63, 3.8) is 0 Å². The van der Waals surface area contributed by atoms with Crippen LogP contribution in [0.2, 0.25) is 0 Å². The number of nitrogens with zero attached hydrogens (tertiary/aromatic N) is 2. The third-order valence-electron chi connectivity index (χ3n) is 5.23. The van der Waals surface area contributed by atoms with Crippen molar-refractivity contribution in [1.82, 2.24) is 9.88 Å². The molecule has 6 heteroatoms. The molecule has 1 atom stereocenters. The van der Waals surface area contributed by atoms with Gasteiger partial charge in [-0.25, -0.2) is 0 Å².